The van der Waals surface area contributed by atoms with Crippen molar-refractivity contribution in [2.24, 2.45) is 5.73 Å². The highest BCUT2D eigenvalue weighted by atomic mass is 35.5. The van der Waals surface area contributed by atoms with Crippen LogP contribution in [0.15, 0.2) is 42.5 Å². The molecule has 3 N–H and O–H groups in total. The van der Waals surface area contributed by atoms with Crippen LogP contribution in [-0.2, 0) is 14.6 Å². The van der Waals surface area contributed by atoms with E-state index in [1.54, 1.807) is 0 Å². The molecule has 1 saturated heterocycles. The van der Waals surface area contributed by atoms with Crippen LogP contribution in [0.3, 0.4) is 0 Å². The Morgan fingerprint density at radius 1 is 1.23 bits per heavy atom. The molecule has 5 nitrogen and oxygen atoms in total. The van der Waals surface area contributed by atoms with Gasteiger partial charge in [0.05, 0.1) is 23.3 Å². The van der Waals surface area contributed by atoms with Crippen LogP contribution < -0.4 is 11.1 Å². The molecule has 1 aliphatic rings. The molecular formula is C18H23ClN2O3S2. The quantitative estimate of drug-likeness (QED) is 0.757. The molecule has 2 unspecified atom stereocenters. The van der Waals surface area contributed by atoms with Gasteiger partial charge in [0.25, 0.3) is 0 Å². The number of halogens is 1. The summed E-state index contributed by atoms with van der Waals surface area (Å²) in [5, 5.41) is 5.23. The van der Waals surface area contributed by atoms with Crippen LogP contribution >= 0.6 is 24.2 Å². The number of rotatable bonds is 6. The Kier molecular flexibility index (Phi) is 7.34. The molecule has 26 heavy (non-hydrogen) atoms. The third kappa shape index (κ3) is 5.36. The lowest BCUT2D eigenvalue weighted by Crippen LogP contribution is -2.34. The van der Waals surface area contributed by atoms with Crippen LogP contribution in [0.2, 0.25) is 0 Å². The van der Waals surface area contributed by atoms with Crippen LogP contribution in [0.5, 0.6) is 0 Å². The summed E-state index contributed by atoms with van der Waals surface area (Å²) in [5.41, 5.74) is 6.83. The van der Waals surface area contributed by atoms with Crippen molar-refractivity contribution in [3.05, 3.63) is 48.0 Å². The van der Waals surface area contributed by atoms with Gasteiger partial charge in [0, 0.05) is 11.8 Å². The van der Waals surface area contributed by atoms with E-state index in [0.29, 0.717) is 13.0 Å². The maximum absolute atomic E-state index is 12.2. The van der Waals surface area contributed by atoms with Gasteiger partial charge in [-0.05, 0) is 28.8 Å². The van der Waals surface area contributed by atoms with Crippen LogP contribution in [-0.4, -0.2) is 43.4 Å². The summed E-state index contributed by atoms with van der Waals surface area (Å²) in [6, 6.07) is 13.9. The van der Waals surface area contributed by atoms with Crippen LogP contribution in [0, 0.1) is 0 Å². The molecule has 0 radical (unpaired) electrons. The molecule has 0 aliphatic carbocycles. The zero-order valence-corrected chi connectivity index (χ0v) is 16.7. The second kappa shape index (κ2) is 9.08. The number of amides is 1. The first-order valence-electron chi connectivity index (χ1n) is 8.27. The van der Waals surface area contributed by atoms with Gasteiger partial charge >= 0.3 is 0 Å². The summed E-state index contributed by atoms with van der Waals surface area (Å²) in [6.45, 7) is 0.312. The fourth-order valence-corrected chi connectivity index (χ4v) is 6.48. The van der Waals surface area contributed by atoms with E-state index in [1.807, 2.05) is 42.5 Å². The highest BCUT2D eigenvalue weighted by Crippen LogP contribution is 2.24. The summed E-state index contributed by atoms with van der Waals surface area (Å²) < 4.78 is 22.9. The summed E-state index contributed by atoms with van der Waals surface area (Å²) in [7, 11) is -2.91. The predicted molar refractivity (Wildman–Crippen MR) is 111 cm³/mol. The molecule has 0 saturated carbocycles. The molecule has 0 bridgehead atoms. The molecule has 1 aliphatic heterocycles. The number of nitrogens with one attached hydrogen (secondary N) is 1. The number of carbonyl (C=O) groups excluding carboxylic acids is 1. The molecule has 1 amide bonds. The third-order valence-corrected chi connectivity index (χ3v) is 7.67. The summed E-state index contributed by atoms with van der Waals surface area (Å²) in [6.07, 6.45) is 0.630. The van der Waals surface area contributed by atoms with Crippen LogP contribution in [0.25, 0.3) is 10.8 Å². The summed E-state index contributed by atoms with van der Waals surface area (Å²) in [5.74, 6) is 0.549. The SMILES string of the molecule is Cl.NCC(NC(=O)CSC1CCS(=O)(=O)C1)c1ccc2ccccc2c1. The normalized spacial score (nSPS) is 19.7. The standard InChI is InChI=1S/C18H22N2O3S2.ClH/c19-10-17(15-6-5-13-3-1-2-4-14(13)9-15)20-18(21)11-24-16-7-8-25(22,23)12-16;/h1-6,9,16-17H,7-8,10-12,19H2,(H,20,21);1H. The fourth-order valence-electron chi connectivity index (χ4n) is 3.02. The van der Waals surface area contributed by atoms with E-state index in [2.05, 4.69) is 5.32 Å². The molecule has 8 heteroatoms. The molecule has 3 rings (SSSR count). The minimum atomic E-state index is -2.91. The number of carbonyl (C=O) groups is 1. The average molecular weight is 415 g/mol. The molecule has 2 aromatic carbocycles. The first-order chi connectivity index (χ1) is 12.0. The number of thioether (sulfide) groups is 1. The molecule has 2 aromatic rings. The van der Waals surface area contributed by atoms with Crippen LogP contribution in [0.1, 0.15) is 18.0 Å². The Hall–Kier alpha value is -1.28. The van der Waals surface area contributed by atoms with Crippen molar-refractivity contribution in [2.75, 3.05) is 23.8 Å². The predicted octanol–water partition coefficient (Wildman–Crippen LogP) is 2.30. The lowest BCUT2D eigenvalue weighted by Gasteiger charge is -2.18. The van der Waals surface area contributed by atoms with Crippen molar-refractivity contribution in [3.63, 3.8) is 0 Å². The second-order valence-electron chi connectivity index (χ2n) is 6.30. The van der Waals surface area contributed by atoms with Gasteiger partial charge in [-0.15, -0.1) is 24.2 Å². The molecule has 142 valence electrons. The van der Waals surface area contributed by atoms with E-state index in [9.17, 15) is 13.2 Å². The average Bonchev–Trinajstić information content (AvgIpc) is 2.96. The summed E-state index contributed by atoms with van der Waals surface area (Å²) in [4.78, 5) is 12.2. The van der Waals surface area contributed by atoms with Gasteiger partial charge in [-0.25, -0.2) is 8.42 Å². The minimum Gasteiger partial charge on any atom is -0.347 e. The Morgan fingerprint density at radius 3 is 2.62 bits per heavy atom. The van der Waals surface area contributed by atoms with Crippen LogP contribution in [0.4, 0.5) is 0 Å². The topological polar surface area (TPSA) is 89.3 Å². The highest BCUT2D eigenvalue weighted by Gasteiger charge is 2.28. The van der Waals surface area contributed by atoms with E-state index in [1.165, 1.54) is 11.8 Å². The monoisotopic (exact) mass is 414 g/mol. The van der Waals surface area contributed by atoms with Crippen molar-refractivity contribution < 1.29 is 13.2 Å². The van der Waals surface area contributed by atoms with Crippen molar-refractivity contribution in [1.82, 2.24) is 5.32 Å². The third-order valence-electron chi connectivity index (χ3n) is 4.39. The van der Waals surface area contributed by atoms with Gasteiger partial charge in [-0.3, -0.25) is 4.79 Å². The smallest absolute Gasteiger partial charge is 0.230 e. The Bertz CT molecular complexity index is 874. The van der Waals surface area contributed by atoms with Gasteiger partial charge in [0.2, 0.25) is 5.91 Å². The number of sulfone groups is 1. The minimum absolute atomic E-state index is 0. The van der Waals surface area contributed by atoms with E-state index in [4.69, 9.17) is 5.73 Å². The Labute approximate surface area is 164 Å². The zero-order chi connectivity index (χ0) is 17.9. The van der Waals surface area contributed by atoms with Crippen molar-refractivity contribution in [3.8, 4) is 0 Å². The molecule has 2 atom stereocenters. The molecule has 0 spiro atoms. The largest absolute Gasteiger partial charge is 0.347 e. The maximum Gasteiger partial charge on any atom is 0.230 e. The van der Waals surface area contributed by atoms with Gasteiger partial charge in [-0.2, -0.15) is 0 Å². The van der Waals surface area contributed by atoms with Crippen molar-refractivity contribution in [2.45, 2.75) is 17.7 Å². The first kappa shape index (κ1) is 21.0. The van der Waals surface area contributed by atoms with E-state index < -0.39 is 9.84 Å². The number of hydrogen-bond acceptors (Lipinski definition) is 5. The lowest BCUT2D eigenvalue weighted by atomic mass is 10.0. The number of nitrogens with two attached hydrogens (primary N) is 1. The van der Waals surface area contributed by atoms with E-state index in [-0.39, 0.29) is 46.9 Å². The number of hydrogen-bond donors (Lipinski definition) is 2. The first-order valence-corrected chi connectivity index (χ1v) is 11.1. The van der Waals surface area contributed by atoms with E-state index >= 15 is 0 Å². The zero-order valence-electron chi connectivity index (χ0n) is 14.3. The number of fused-ring (bicyclic) bond motifs is 1. The molecule has 1 heterocycles. The molecule has 0 aromatic heterocycles. The van der Waals surface area contributed by atoms with Gasteiger partial charge < -0.3 is 11.1 Å². The summed E-state index contributed by atoms with van der Waals surface area (Å²) >= 11 is 1.41. The fraction of sp³-hybridized carbons (Fsp3) is 0.389. The van der Waals surface area contributed by atoms with Gasteiger partial charge in [-0.1, -0.05) is 36.4 Å². The molecular weight excluding hydrogens is 392 g/mol. The number of benzene rings is 2. The van der Waals surface area contributed by atoms with Crippen molar-refractivity contribution >= 4 is 50.7 Å². The second-order valence-corrected chi connectivity index (χ2v) is 9.82. The van der Waals surface area contributed by atoms with Crippen molar-refractivity contribution in [1.29, 1.82) is 0 Å². The Morgan fingerprint density at radius 2 is 1.96 bits per heavy atom. The van der Waals surface area contributed by atoms with Gasteiger partial charge in [0.15, 0.2) is 9.84 Å². The van der Waals surface area contributed by atoms with E-state index in [0.717, 1.165) is 16.3 Å². The van der Waals surface area contributed by atoms with Gasteiger partial charge in [0.1, 0.15) is 0 Å². The lowest BCUT2D eigenvalue weighted by molar-refractivity contribution is -0.119. The highest BCUT2D eigenvalue weighted by molar-refractivity contribution is 8.02. The Balaban J connectivity index is 0.00000243. The molecule has 1 fully saturated rings. The maximum atomic E-state index is 12.2.